The van der Waals surface area contributed by atoms with Gasteiger partial charge >= 0.3 is 0 Å². The molecule has 3 N–H and O–H groups in total. The van der Waals surface area contributed by atoms with Crippen molar-refractivity contribution in [3.8, 4) is 0 Å². The summed E-state index contributed by atoms with van der Waals surface area (Å²) in [6.07, 6.45) is 0.290. The van der Waals surface area contributed by atoms with Crippen LogP contribution in [0.2, 0.25) is 5.02 Å². The third-order valence-electron chi connectivity index (χ3n) is 6.83. The van der Waals surface area contributed by atoms with Crippen LogP contribution in [-0.4, -0.2) is 77.1 Å². The largest absolute Gasteiger partial charge is 0.394 e. The van der Waals surface area contributed by atoms with Crippen LogP contribution in [0.4, 0.5) is 5.69 Å². The number of carbonyl (C=O) groups is 2. The molecule has 1 saturated heterocycles. The lowest BCUT2D eigenvalue weighted by molar-refractivity contribution is -0.119. The van der Waals surface area contributed by atoms with Crippen molar-refractivity contribution >= 4 is 40.0 Å². The van der Waals surface area contributed by atoms with Crippen molar-refractivity contribution in [2.75, 3.05) is 44.4 Å². The lowest BCUT2D eigenvalue weighted by Gasteiger charge is -2.33. The number of ether oxygens (including phenoxy) is 1. The average Bonchev–Trinajstić information content (AvgIpc) is 2.92. The normalized spacial score (nSPS) is 16.6. The fourth-order valence-electron chi connectivity index (χ4n) is 4.89. The minimum atomic E-state index is -1.13. The monoisotopic (exact) mass is 540 g/mol. The Bertz CT molecular complexity index is 1420. The van der Waals surface area contributed by atoms with E-state index in [1.165, 1.54) is 11.1 Å². The number of amides is 2. The van der Waals surface area contributed by atoms with Gasteiger partial charge in [0, 0.05) is 42.8 Å². The van der Waals surface area contributed by atoms with Crippen molar-refractivity contribution in [3.05, 3.63) is 74.5 Å². The number of aromatic nitrogens is 1. The molecule has 0 radical (unpaired) electrons. The van der Waals surface area contributed by atoms with Crippen LogP contribution < -0.4 is 15.6 Å². The highest BCUT2D eigenvalue weighted by molar-refractivity contribution is 6.30. The van der Waals surface area contributed by atoms with E-state index in [1.807, 2.05) is 6.07 Å². The first kappa shape index (κ1) is 26.3. The fourth-order valence-corrected chi connectivity index (χ4v) is 5.02. The van der Waals surface area contributed by atoms with Crippen LogP contribution in [0.25, 0.3) is 10.9 Å². The number of nitrogens with one attached hydrogen (secondary N) is 1. The van der Waals surface area contributed by atoms with Crippen molar-refractivity contribution in [3.63, 3.8) is 0 Å². The molecule has 2 aliphatic rings. The van der Waals surface area contributed by atoms with Crippen LogP contribution in [0.5, 0.6) is 0 Å². The molecule has 0 saturated carbocycles. The Balaban J connectivity index is 1.55. The fraction of sp³-hybridized carbons (Fsp3) is 0.370. The van der Waals surface area contributed by atoms with Gasteiger partial charge in [0.05, 0.1) is 43.7 Å². The molecule has 0 aliphatic carbocycles. The van der Waals surface area contributed by atoms with E-state index in [1.54, 1.807) is 34.9 Å². The Morgan fingerprint density at radius 1 is 1.11 bits per heavy atom. The summed E-state index contributed by atoms with van der Waals surface area (Å²) in [7, 11) is 0. The van der Waals surface area contributed by atoms with Crippen LogP contribution >= 0.6 is 11.6 Å². The number of nitrogens with zero attached hydrogens (tertiary/aromatic N) is 3. The number of aliphatic hydroxyl groups excluding tert-OH is 2. The number of morpholine rings is 1. The first-order valence-corrected chi connectivity index (χ1v) is 12.8. The zero-order chi connectivity index (χ0) is 26.8. The number of aliphatic hydroxyl groups is 2. The highest BCUT2D eigenvalue weighted by Gasteiger charge is 2.30. The zero-order valence-electron chi connectivity index (χ0n) is 20.7. The van der Waals surface area contributed by atoms with Crippen LogP contribution in [-0.2, 0) is 29.2 Å². The standard InChI is InChI=1S/C27H29ClN4O6/c28-19-3-1-17(2-4-19)11-29-27(37)22-14-31-15-24(35)32(13-20(34)16-33)23-10-18(9-21(25(23)31)26(22)36)12-30-5-7-38-8-6-30/h1-4,9-10,14,20,33-34H,5-8,11-13,15-16H2,(H,29,37). The van der Waals surface area contributed by atoms with Crippen molar-refractivity contribution in [2.45, 2.75) is 25.7 Å². The number of hydrogen-bond donors (Lipinski definition) is 3. The molecule has 2 aliphatic heterocycles. The molecule has 1 fully saturated rings. The summed E-state index contributed by atoms with van der Waals surface area (Å²) in [4.78, 5) is 43.5. The summed E-state index contributed by atoms with van der Waals surface area (Å²) in [6, 6.07) is 10.6. The molecule has 200 valence electrons. The van der Waals surface area contributed by atoms with Crippen molar-refractivity contribution in [1.29, 1.82) is 0 Å². The molecule has 5 rings (SSSR count). The van der Waals surface area contributed by atoms with E-state index in [9.17, 15) is 24.6 Å². The van der Waals surface area contributed by atoms with Crippen LogP contribution in [0.3, 0.4) is 0 Å². The second-order valence-electron chi connectivity index (χ2n) is 9.55. The van der Waals surface area contributed by atoms with Crippen LogP contribution in [0.15, 0.2) is 47.4 Å². The van der Waals surface area contributed by atoms with Gasteiger partial charge in [0.15, 0.2) is 0 Å². The highest BCUT2D eigenvalue weighted by Crippen LogP contribution is 2.32. The maximum Gasteiger partial charge on any atom is 0.257 e. The number of β-amino-alcohol motifs (C(OH)–C–C–N with tert-alkyl or cyclic N) is 1. The highest BCUT2D eigenvalue weighted by atomic mass is 35.5. The van der Waals surface area contributed by atoms with Crippen molar-refractivity contribution in [1.82, 2.24) is 14.8 Å². The lowest BCUT2D eigenvalue weighted by Crippen LogP contribution is -2.44. The van der Waals surface area contributed by atoms with Crippen molar-refractivity contribution < 1.29 is 24.5 Å². The third-order valence-corrected chi connectivity index (χ3v) is 7.09. The van der Waals surface area contributed by atoms with Gasteiger partial charge in [-0.15, -0.1) is 0 Å². The molecule has 1 aromatic heterocycles. The molecule has 0 spiro atoms. The number of rotatable bonds is 8. The Morgan fingerprint density at radius 2 is 1.84 bits per heavy atom. The van der Waals surface area contributed by atoms with Crippen molar-refractivity contribution in [2.24, 2.45) is 0 Å². The Kier molecular flexibility index (Phi) is 7.78. The van der Waals surface area contributed by atoms with Gasteiger partial charge in [0.1, 0.15) is 12.1 Å². The number of carbonyl (C=O) groups excluding carboxylic acids is 2. The topological polar surface area (TPSA) is 124 Å². The second-order valence-corrected chi connectivity index (χ2v) is 9.99. The van der Waals surface area contributed by atoms with Gasteiger partial charge in [-0.2, -0.15) is 0 Å². The van der Waals surface area contributed by atoms with E-state index in [2.05, 4.69) is 10.2 Å². The summed E-state index contributed by atoms with van der Waals surface area (Å²) in [5.41, 5.74) is 2.12. The van der Waals surface area contributed by atoms with Gasteiger partial charge in [-0.1, -0.05) is 23.7 Å². The number of hydrogen-bond acceptors (Lipinski definition) is 7. The molecule has 3 aromatic rings. The van der Waals surface area contributed by atoms with Gasteiger partial charge in [-0.05, 0) is 35.4 Å². The molecule has 0 bridgehead atoms. The number of halogens is 1. The molecule has 10 nitrogen and oxygen atoms in total. The van der Waals surface area contributed by atoms with E-state index in [-0.39, 0.29) is 31.1 Å². The van der Waals surface area contributed by atoms with E-state index >= 15 is 0 Å². The number of benzene rings is 2. The quantitative estimate of drug-likeness (QED) is 0.391. The molecular weight excluding hydrogens is 512 g/mol. The molecule has 1 atom stereocenters. The summed E-state index contributed by atoms with van der Waals surface area (Å²) in [5.74, 6) is -0.854. The lowest BCUT2D eigenvalue weighted by atomic mass is 10.0. The molecule has 38 heavy (non-hydrogen) atoms. The predicted octanol–water partition coefficient (Wildman–Crippen LogP) is 1.12. The number of anilines is 1. The molecule has 2 amide bonds. The Hall–Kier alpha value is -3.28. The molecule has 1 unspecified atom stereocenters. The number of pyridine rings is 1. The van der Waals surface area contributed by atoms with Crippen LogP contribution in [0.1, 0.15) is 21.5 Å². The van der Waals surface area contributed by atoms with E-state index in [4.69, 9.17) is 16.3 Å². The van der Waals surface area contributed by atoms with E-state index in [0.29, 0.717) is 41.4 Å². The smallest absolute Gasteiger partial charge is 0.257 e. The third kappa shape index (κ3) is 5.45. The first-order chi connectivity index (χ1) is 18.3. The van der Waals surface area contributed by atoms with Gasteiger partial charge < -0.3 is 29.7 Å². The maximum atomic E-state index is 13.7. The Morgan fingerprint density at radius 3 is 2.55 bits per heavy atom. The maximum absolute atomic E-state index is 13.7. The average molecular weight is 541 g/mol. The van der Waals surface area contributed by atoms with Gasteiger partial charge in [0.25, 0.3) is 5.91 Å². The minimum Gasteiger partial charge on any atom is -0.394 e. The van der Waals surface area contributed by atoms with Gasteiger partial charge in [-0.3, -0.25) is 19.3 Å². The van der Waals surface area contributed by atoms with Gasteiger partial charge in [0.2, 0.25) is 11.3 Å². The SMILES string of the molecule is O=C(NCc1ccc(Cl)cc1)c1cn2c3c(cc(CN4CCOCC4)cc3c1=O)N(CC(O)CO)C(=O)C2. The summed E-state index contributed by atoms with van der Waals surface area (Å²) in [5, 5.41) is 23.2. The predicted molar refractivity (Wildman–Crippen MR) is 142 cm³/mol. The van der Waals surface area contributed by atoms with Crippen LogP contribution in [0, 0.1) is 0 Å². The molecule has 11 heteroatoms. The van der Waals surface area contributed by atoms with E-state index < -0.39 is 24.0 Å². The molecule has 3 heterocycles. The summed E-state index contributed by atoms with van der Waals surface area (Å²) < 4.78 is 7.05. The molecule has 2 aromatic carbocycles. The molecular formula is C27H29ClN4O6. The second kappa shape index (κ2) is 11.2. The van der Waals surface area contributed by atoms with E-state index in [0.717, 1.165) is 24.2 Å². The Labute approximate surface area is 224 Å². The summed E-state index contributed by atoms with van der Waals surface area (Å²) >= 11 is 5.93. The summed E-state index contributed by atoms with van der Waals surface area (Å²) in [6.45, 7) is 2.71. The first-order valence-electron chi connectivity index (χ1n) is 12.5. The minimum absolute atomic E-state index is 0.0578. The zero-order valence-corrected chi connectivity index (χ0v) is 21.5. The van der Waals surface area contributed by atoms with Gasteiger partial charge in [-0.25, -0.2) is 0 Å².